The van der Waals surface area contributed by atoms with E-state index in [1.165, 1.54) is 0 Å². The summed E-state index contributed by atoms with van der Waals surface area (Å²) in [4.78, 5) is 12.0. The van der Waals surface area contributed by atoms with Crippen LogP contribution in [-0.2, 0) is 0 Å². The Morgan fingerprint density at radius 1 is 0.867 bits per heavy atom. The van der Waals surface area contributed by atoms with Crippen LogP contribution < -0.4 is 0 Å². The molecule has 0 radical (unpaired) electrons. The molecule has 0 fully saturated rings. The number of pyridine rings is 1. The standard InChI is InChI=1S/C12H9N3/c1-2-5-11(6-3-1)14-10-15-12-7-4-8-13-9-12/h1-9H. The molecule has 0 bridgehead atoms. The summed E-state index contributed by atoms with van der Waals surface area (Å²) in [5.41, 5.74) is 1.59. The topological polar surface area (TPSA) is 37.6 Å². The summed E-state index contributed by atoms with van der Waals surface area (Å²) in [5.74, 6) is 0. The van der Waals surface area contributed by atoms with Gasteiger partial charge in [-0.25, -0.2) is 0 Å². The van der Waals surface area contributed by atoms with Gasteiger partial charge in [-0.3, -0.25) is 4.98 Å². The van der Waals surface area contributed by atoms with Crippen molar-refractivity contribution in [1.82, 2.24) is 4.98 Å². The van der Waals surface area contributed by atoms with Crippen molar-refractivity contribution in [2.24, 2.45) is 9.98 Å². The van der Waals surface area contributed by atoms with E-state index in [4.69, 9.17) is 0 Å². The molecule has 15 heavy (non-hydrogen) atoms. The minimum atomic E-state index is 0.747. The number of benzene rings is 1. The fourth-order valence-electron chi connectivity index (χ4n) is 1.06. The monoisotopic (exact) mass is 195 g/mol. The molecule has 1 aromatic heterocycles. The number of hydrogen-bond acceptors (Lipinski definition) is 3. The zero-order valence-electron chi connectivity index (χ0n) is 8.04. The van der Waals surface area contributed by atoms with Crippen LogP contribution in [-0.4, -0.2) is 11.0 Å². The zero-order valence-corrected chi connectivity index (χ0v) is 8.04. The lowest BCUT2D eigenvalue weighted by Crippen LogP contribution is -1.67. The van der Waals surface area contributed by atoms with Gasteiger partial charge in [0.2, 0.25) is 0 Å². The van der Waals surface area contributed by atoms with Gasteiger partial charge in [0.25, 0.3) is 0 Å². The number of nitrogens with zero attached hydrogens (tertiary/aromatic N) is 3. The van der Waals surface area contributed by atoms with Gasteiger partial charge in [-0.05, 0) is 24.3 Å². The molecule has 0 aliphatic carbocycles. The van der Waals surface area contributed by atoms with E-state index in [2.05, 4.69) is 21.0 Å². The molecule has 0 N–H and O–H groups in total. The summed E-state index contributed by atoms with van der Waals surface area (Å²) < 4.78 is 0. The van der Waals surface area contributed by atoms with Gasteiger partial charge in [0.05, 0.1) is 17.6 Å². The number of rotatable bonds is 2. The summed E-state index contributed by atoms with van der Waals surface area (Å²) in [7, 11) is 0. The molecule has 0 aliphatic heterocycles. The van der Waals surface area contributed by atoms with Crippen molar-refractivity contribution in [3.8, 4) is 0 Å². The van der Waals surface area contributed by atoms with Crippen molar-refractivity contribution in [3.63, 3.8) is 0 Å². The van der Waals surface area contributed by atoms with Crippen LogP contribution in [0, 0.1) is 0 Å². The maximum atomic E-state index is 4.06. The van der Waals surface area contributed by atoms with E-state index >= 15 is 0 Å². The summed E-state index contributed by atoms with van der Waals surface area (Å²) in [6.45, 7) is 0. The van der Waals surface area contributed by atoms with Crippen LogP contribution in [0.4, 0.5) is 11.4 Å². The first kappa shape index (κ1) is 9.31. The lowest BCUT2D eigenvalue weighted by Gasteiger charge is -1.87. The van der Waals surface area contributed by atoms with Gasteiger partial charge in [0.1, 0.15) is 6.01 Å². The Morgan fingerprint density at radius 2 is 1.60 bits per heavy atom. The van der Waals surface area contributed by atoms with E-state index in [9.17, 15) is 0 Å². The molecule has 1 heterocycles. The highest BCUT2D eigenvalue weighted by Crippen LogP contribution is 2.09. The average Bonchev–Trinajstić information content (AvgIpc) is 2.32. The quantitative estimate of drug-likeness (QED) is 0.678. The van der Waals surface area contributed by atoms with Gasteiger partial charge < -0.3 is 0 Å². The van der Waals surface area contributed by atoms with E-state index in [1.54, 1.807) is 12.4 Å². The fourth-order valence-corrected chi connectivity index (χ4v) is 1.06. The van der Waals surface area contributed by atoms with Crippen LogP contribution in [0.1, 0.15) is 0 Å². The van der Waals surface area contributed by atoms with Crippen molar-refractivity contribution in [1.29, 1.82) is 0 Å². The van der Waals surface area contributed by atoms with E-state index in [1.807, 2.05) is 42.5 Å². The van der Waals surface area contributed by atoms with Gasteiger partial charge in [0, 0.05) is 6.20 Å². The number of para-hydroxylation sites is 1. The molecular weight excluding hydrogens is 186 g/mol. The molecule has 72 valence electrons. The Labute approximate surface area is 87.9 Å². The zero-order chi connectivity index (χ0) is 10.3. The van der Waals surface area contributed by atoms with Crippen molar-refractivity contribution in [3.05, 3.63) is 54.9 Å². The van der Waals surface area contributed by atoms with Crippen LogP contribution in [0.25, 0.3) is 0 Å². The van der Waals surface area contributed by atoms with Crippen molar-refractivity contribution in [2.45, 2.75) is 0 Å². The predicted octanol–water partition coefficient (Wildman–Crippen LogP) is 3.22. The Bertz CT molecular complexity index is 427. The fraction of sp³-hybridized carbons (Fsp3) is 0. The lowest BCUT2D eigenvalue weighted by molar-refractivity contribution is 1.31. The van der Waals surface area contributed by atoms with Crippen LogP contribution in [0.3, 0.4) is 0 Å². The lowest BCUT2D eigenvalue weighted by atomic mass is 10.3. The van der Waals surface area contributed by atoms with Crippen molar-refractivity contribution >= 4 is 17.4 Å². The third-order valence-electron chi connectivity index (χ3n) is 1.76. The summed E-state index contributed by atoms with van der Waals surface area (Å²) in [5, 5.41) is 0. The third kappa shape index (κ3) is 2.86. The molecule has 0 spiro atoms. The number of hydrogen-bond donors (Lipinski definition) is 0. The molecule has 2 aromatic rings. The molecule has 0 amide bonds. The van der Waals surface area contributed by atoms with Crippen LogP contribution >= 0.6 is 0 Å². The van der Waals surface area contributed by atoms with E-state index < -0.39 is 0 Å². The molecule has 2 rings (SSSR count). The first-order valence-corrected chi connectivity index (χ1v) is 4.57. The second kappa shape index (κ2) is 4.84. The second-order valence-corrected chi connectivity index (χ2v) is 2.87. The molecule has 0 aliphatic rings. The third-order valence-corrected chi connectivity index (χ3v) is 1.76. The maximum Gasteiger partial charge on any atom is 0.101 e. The van der Waals surface area contributed by atoms with Crippen molar-refractivity contribution < 1.29 is 0 Å². The minimum absolute atomic E-state index is 0.747. The Morgan fingerprint density at radius 3 is 2.33 bits per heavy atom. The number of aromatic nitrogens is 1. The largest absolute Gasteiger partial charge is 0.262 e. The molecule has 3 heteroatoms. The predicted molar refractivity (Wildman–Crippen MR) is 59.9 cm³/mol. The molecular formula is C12H9N3. The average molecular weight is 195 g/mol. The highest BCUT2D eigenvalue weighted by molar-refractivity contribution is 5.56. The molecule has 1 aromatic carbocycles. The number of aliphatic imine (C=N–C) groups is 2. The Balaban J connectivity index is 2.16. The second-order valence-electron chi connectivity index (χ2n) is 2.87. The molecule has 0 saturated carbocycles. The molecule has 0 atom stereocenters. The van der Waals surface area contributed by atoms with Crippen molar-refractivity contribution in [2.75, 3.05) is 0 Å². The van der Waals surface area contributed by atoms with Crippen LogP contribution in [0.15, 0.2) is 64.8 Å². The smallest absolute Gasteiger partial charge is 0.101 e. The Kier molecular flexibility index (Phi) is 3.00. The molecule has 3 nitrogen and oxygen atoms in total. The molecule has 0 saturated heterocycles. The van der Waals surface area contributed by atoms with E-state index in [-0.39, 0.29) is 0 Å². The minimum Gasteiger partial charge on any atom is -0.262 e. The SMILES string of the molecule is C(=Nc1ccccc1)=Nc1cccnc1. The van der Waals surface area contributed by atoms with Gasteiger partial charge in [0.15, 0.2) is 0 Å². The normalized spacial score (nSPS) is 9.07. The first-order chi connectivity index (χ1) is 7.45. The van der Waals surface area contributed by atoms with E-state index in [0.717, 1.165) is 11.4 Å². The maximum absolute atomic E-state index is 4.06. The Hall–Kier alpha value is -2.25. The summed E-state index contributed by atoms with van der Waals surface area (Å²) in [6.07, 6.45) is 3.36. The first-order valence-electron chi connectivity index (χ1n) is 4.57. The highest BCUT2D eigenvalue weighted by Gasteiger charge is 1.83. The van der Waals surface area contributed by atoms with Gasteiger partial charge in [-0.1, -0.05) is 18.2 Å². The van der Waals surface area contributed by atoms with Crippen LogP contribution in [0.2, 0.25) is 0 Å². The highest BCUT2D eigenvalue weighted by atomic mass is 14.8. The van der Waals surface area contributed by atoms with Gasteiger partial charge in [-0.2, -0.15) is 9.98 Å². The van der Waals surface area contributed by atoms with Gasteiger partial charge in [-0.15, -0.1) is 0 Å². The van der Waals surface area contributed by atoms with Crippen LogP contribution in [0.5, 0.6) is 0 Å². The summed E-state index contributed by atoms with van der Waals surface area (Å²) >= 11 is 0. The van der Waals surface area contributed by atoms with E-state index in [0.29, 0.717) is 0 Å². The summed E-state index contributed by atoms with van der Waals surface area (Å²) in [6, 6.07) is 15.9. The van der Waals surface area contributed by atoms with Gasteiger partial charge >= 0.3 is 0 Å². The molecule has 0 unspecified atom stereocenters.